The van der Waals surface area contributed by atoms with Crippen LogP contribution in [0.15, 0.2) is 47.0 Å². The van der Waals surface area contributed by atoms with Crippen molar-refractivity contribution in [3.05, 3.63) is 42.7 Å². The lowest BCUT2D eigenvalue weighted by Crippen LogP contribution is -2.23. The van der Waals surface area contributed by atoms with Crippen LogP contribution in [0.25, 0.3) is 0 Å². The van der Waals surface area contributed by atoms with Crippen molar-refractivity contribution in [2.45, 2.75) is 36.9 Å². The van der Waals surface area contributed by atoms with Crippen molar-refractivity contribution in [2.75, 3.05) is 17.6 Å². The summed E-state index contributed by atoms with van der Waals surface area (Å²) in [6.45, 7) is 8.33. The van der Waals surface area contributed by atoms with Gasteiger partial charge in [-0.2, -0.15) is 0 Å². The number of allylic oxidation sites excluding steroid dienone is 1. The molecule has 2 N–H and O–H groups in total. The van der Waals surface area contributed by atoms with Gasteiger partial charge in [0, 0.05) is 25.2 Å². The number of hydrogen-bond acceptors (Lipinski definition) is 6. The van der Waals surface area contributed by atoms with Crippen molar-refractivity contribution in [1.29, 1.82) is 0 Å². The third-order valence-corrected chi connectivity index (χ3v) is 6.06. The maximum absolute atomic E-state index is 12.2. The standard InChI is InChI=1S/C17H23N5O3S2/c1-4-11-22-15(5-2)20-21-17(22)26-12-16(23)19-13-7-9-14(10-8-13)27(24,25)18-6-3/h4,7-10,18H,1,5-6,11-12H2,2-3H3,(H,19,23). The Bertz CT molecular complexity index is 892. The fourth-order valence-electron chi connectivity index (χ4n) is 2.32. The Morgan fingerprint density at radius 1 is 1.26 bits per heavy atom. The molecule has 0 aliphatic carbocycles. The van der Waals surface area contributed by atoms with E-state index in [0.29, 0.717) is 23.9 Å². The fourth-order valence-corrected chi connectivity index (χ4v) is 4.13. The van der Waals surface area contributed by atoms with Crippen LogP contribution in [-0.4, -0.2) is 41.4 Å². The molecule has 0 unspecified atom stereocenters. The highest BCUT2D eigenvalue weighted by Gasteiger charge is 2.14. The average molecular weight is 410 g/mol. The molecule has 146 valence electrons. The van der Waals surface area contributed by atoms with Crippen LogP contribution in [0.4, 0.5) is 5.69 Å². The SMILES string of the molecule is C=CCn1c(CC)nnc1SCC(=O)Nc1ccc(S(=O)(=O)NCC)cc1. The first-order chi connectivity index (χ1) is 12.9. The third kappa shape index (κ3) is 5.65. The number of rotatable bonds is 10. The number of amides is 1. The van der Waals surface area contributed by atoms with Gasteiger partial charge in [-0.1, -0.05) is 31.7 Å². The van der Waals surface area contributed by atoms with E-state index < -0.39 is 10.0 Å². The number of benzene rings is 1. The molecular formula is C17H23N5O3S2. The first kappa shape index (κ1) is 21.1. The van der Waals surface area contributed by atoms with E-state index in [1.165, 1.54) is 23.9 Å². The van der Waals surface area contributed by atoms with Crippen molar-refractivity contribution in [3.8, 4) is 0 Å². The monoisotopic (exact) mass is 409 g/mol. The third-order valence-electron chi connectivity index (χ3n) is 3.54. The van der Waals surface area contributed by atoms with E-state index in [0.717, 1.165) is 12.2 Å². The van der Waals surface area contributed by atoms with E-state index in [2.05, 4.69) is 26.8 Å². The number of anilines is 1. The lowest BCUT2D eigenvalue weighted by molar-refractivity contribution is -0.113. The van der Waals surface area contributed by atoms with E-state index in [1.54, 1.807) is 25.1 Å². The molecule has 0 atom stereocenters. The number of thioether (sulfide) groups is 1. The minimum atomic E-state index is -3.51. The maximum atomic E-state index is 12.2. The van der Waals surface area contributed by atoms with E-state index >= 15 is 0 Å². The molecule has 2 aromatic rings. The Morgan fingerprint density at radius 3 is 2.56 bits per heavy atom. The molecule has 0 saturated heterocycles. The molecule has 0 saturated carbocycles. The van der Waals surface area contributed by atoms with Crippen LogP contribution in [0.2, 0.25) is 0 Å². The zero-order valence-corrected chi connectivity index (χ0v) is 16.9. The highest BCUT2D eigenvalue weighted by molar-refractivity contribution is 7.99. The summed E-state index contributed by atoms with van der Waals surface area (Å²) in [5.41, 5.74) is 0.526. The van der Waals surface area contributed by atoms with Crippen LogP contribution in [-0.2, 0) is 27.8 Å². The van der Waals surface area contributed by atoms with E-state index in [9.17, 15) is 13.2 Å². The fraction of sp³-hybridized carbons (Fsp3) is 0.353. The lowest BCUT2D eigenvalue weighted by atomic mass is 10.3. The Hall–Kier alpha value is -2.17. The summed E-state index contributed by atoms with van der Waals surface area (Å²) >= 11 is 1.29. The quantitative estimate of drug-likeness (QED) is 0.460. The summed E-state index contributed by atoms with van der Waals surface area (Å²) in [6.07, 6.45) is 2.51. The summed E-state index contributed by atoms with van der Waals surface area (Å²) in [6, 6.07) is 6.02. The summed E-state index contributed by atoms with van der Waals surface area (Å²) in [5.74, 6) is 0.792. The summed E-state index contributed by atoms with van der Waals surface area (Å²) in [4.78, 5) is 12.3. The smallest absolute Gasteiger partial charge is 0.240 e. The molecule has 0 aliphatic rings. The molecule has 1 amide bonds. The molecule has 1 aromatic carbocycles. The first-order valence-corrected chi connectivity index (χ1v) is 10.9. The molecule has 0 fully saturated rings. The van der Waals surface area contributed by atoms with Gasteiger partial charge in [-0.3, -0.25) is 4.79 Å². The van der Waals surface area contributed by atoms with Crippen LogP contribution in [0, 0.1) is 0 Å². The molecule has 1 aromatic heterocycles. The number of carbonyl (C=O) groups is 1. The van der Waals surface area contributed by atoms with Gasteiger partial charge in [0.15, 0.2) is 5.16 Å². The molecule has 0 radical (unpaired) electrons. The van der Waals surface area contributed by atoms with Gasteiger partial charge in [0.2, 0.25) is 15.9 Å². The van der Waals surface area contributed by atoms with Crippen LogP contribution >= 0.6 is 11.8 Å². The second-order valence-electron chi connectivity index (χ2n) is 5.51. The van der Waals surface area contributed by atoms with Gasteiger partial charge in [-0.05, 0) is 24.3 Å². The van der Waals surface area contributed by atoms with Gasteiger partial charge in [0.25, 0.3) is 0 Å². The van der Waals surface area contributed by atoms with Gasteiger partial charge in [0.05, 0.1) is 10.6 Å². The number of carbonyl (C=O) groups excluding carboxylic acids is 1. The highest BCUT2D eigenvalue weighted by Crippen LogP contribution is 2.19. The molecule has 10 heteroatoms. The topological polar surface area (TPSA) is 106 Å². The average Bonchev–Trinajstić information content (AvgIpc) is 3.02. The van der Waals surface area contributed by atoms with E-state index in [-0.39, 0.29) is 16.6 Å². The molecule has 27 heavy (non-hydrogen) atoms. The van der Waals surface area contributed by atoms with Gasteiger partial charge in [-0.25, -0.2) is 13.1 Å². The number of hydrogen-bond donors (Lipinski definition) is 2. The molecule has 0 spiro atoms. The molecule has 2 rings (SSSR count). The molecule has 1 heterocycles. The number of aromatic nitrogens is 3. The minimum Gasteiger partial charge on any atom is -0.325 e. The van der Waals surface area contributed by atoms with Crippen molar-refractivity contribution >= 4 is 33.4 Å². The van der Waals surface area contributed by atoms with E-state index in [4.69, 9.17) is 0 Å². The van der Waals surface area contributed by atoms with Crippen molar-refractivity contribution in [1.82, 2.24) is 19.5 Å². The zero-order valence-electron chi connectivity index (χ0n) is 15.3. The van der Waals surface area contributed by atoms with Gasteiger partial charge in [-0.15, -0.1) is 16.8 Å². The van der Waals surface area contributed by atoms with Crippen LogP contribution in [0.3, 0.4) is 0 Å². The largest absolute Gasteiger partial charge is 0.325 e. The first-order valence-electron chi connectivity index (χ1n) is 8.46. The predicted molar refractivity (Wildman–Crippen MR) is 106 cm³/mol. The van der Waals surface area contributed by atoms with Crippen LogP contribution in [0.1, 0.15) is 19.7 Å². The highest BCUT2D eigenvalue weighted by atomic mass is 32.2. The second-order valence-corrected chi connectivity index (χ2v) is 8.22. The molecule has 0 bridgehead atoms. The molecular weight excluding hydrogens is 386 g/mol. The summed E-state index contributed by atoms with van der Waals surface area (Å²) < 4.78 is 28.2. The van der Waals surface area contributed by atoms with Gasteiger partial charge in [0.1, 0.15) is 5.82 Å². The molecule has 8 nitrogen and oxygen atoms in total. The minimum absolute atomic E-state index is 0.154. The van der Waals surface area contributed by atoms with Crippen molar-refractivity contribution in [3.63, 3.8) is 0 Å². The second kappa shape index (κ2) is 9.67. The van der Waals surface area contributed by atoms with Crippen LogP contribution in [0.5, 0.6) is 0 Å². The number of nitrogens with one attached hydrogen (secondary N) is 2. The van der Waals surface area contributed by atoms with E-state index in [1.807, 2.05) is 11.5 Å². The Kier molecular flexibility index (Phi) is 7.57. The number of nitrogens with zero attached hydrogens (tertiary/aromatic N) is 3. The van der Waals surface area contributed by atoms with Crippen molar-refractivity contribution in [2.24, 2.45) is 0 Å². The summed E-state index contributed by atoms with van der Waals surface area (Å²) in [7, 11) is -3.51. The molecule has 0 aliphatic heterocycles. The van der Waals surface area contributed by atoms with Gasteiger partial charge >= 0.3 is 0 Å². The zero-order chi connectivity index (χ0) is 19.9. The Labute approximate surface area is 163 Å². The van der Waals surface area contributed by atoms with Crippen LogP contribution < -0.4 is 10.0 Å². The Morgan fingerprint density at radius 2 is 1.96 bits per heavy atom. The Balaban J connectivity index is 1.96. The van der Waals surface area contributed by atoms with Gasteiger partial charge < -0.3 is 9.88 Å². The maximum Gasteiger partial charge on any atom is 0.240 e. The lowest BCUT2D eigenvalue weighted by Gasteiger charge is -2.08. The normalized spacial score (nSPS) is 11.3. The number of sulfonamides is 1. The summed E-state index contributed by atoms with van der Waals surface area (Å²) in [5, 5.41) is 11.6. The predicted octanol–water partition coefficient (Wildman–Crippen LogP) is 2.06. The van der Waals surface area contributed by atoms with Crippen molar-refractivity contribution < 1.29 is 13.2 Å². The number of aryl methyl sites for hydroxylation is 1.